The normalized spacial score (nSPS) is 17.1. The molecule has 0 spiro atoms. The molecular weight excluding hydrogens is 210 g/mol. The van der Waals surface area contributed by atoms with Gasteiger partial charge in [-0.25, -0.2) is 0 Å². The van der Waals surface area contributed by atoms with Crippen LogP contribution in [-0.4, -0.2) is 62.4 Å². The maximum absolute atomic E-state index is 9.56. The van der Waals surface area contributed by atoms with Crippen molar-refractivity contribution in [3.05, 3.63) is 0 Å². The Balaban J connectivity index is 3.40. The van der Waals surface area contributed by atoms with Gasteiger partial charge in [-0.15, -0.1) is 0 Å². The molecule has 16 heavy (non-hydrogen) atoms. The number of nitrogens with one attached hydrogen (secondary N) is 1. The smallest absolute Gasteiger partial charge is 0.0897 e. The van der Waals surface area contributed by atoms with Crippen molar-refractivity contribution in [2.75, 3.05) is 40.0 Å². The predicted octanol–water partition coefficient (Wildman–Crippen LogP) is -0.383. The summed E-state index contributed by atoms with van der Waals surface area (Å²) in [6.07, 6.45) is -0.527. The van der Waals surface area contributed by atoms with Gasteiger partial charge in [0.25, 0.3) is 0 Å². The number of methoxy groups -OCH3 is 1. The van der Waals surface area contributed by atoms with E-state index in [1.807, 2.05) is 13.8 Å². The molecule has 0 radical (unpaired) electrons. The number of aliphatic hydroxyl groups is 2. The molecule has 5 heteroatoms. The molecule has 0 rings (SSSR count). The average Bonchev–Trinajstić information content (AvgIpc) is 2.26. The lowest BCUT2D eigenvalue weighted by atomic mass is 10.2. The SMILES string of the molecule is COCC(C)OCC(O)CNCC(C)CO. The zero-order valence-corrected chi connectivity index (χ0v) is 10.5. The molecule has 5 nitrogen and oxygen atoms in total. The molecule has 0 aliphatic carbocycles. The molecule has 0 aliphatic heterocycles. The second-order valence-corrected chi connectivity index (χ2v) is 4.20. The van der Waals surface area contributed by atoms with Crippen LogP contribution in [-0.2, 0) is 9.47 Å². The number of ether oxygens (including phenoxy) is 2. The Labute approximate surface area is 97.8 Å². The molecule has 0 aromatic heterocycles. The van der Waals surface area contributed by atoms with Crippen LogP contribution in [0.15, 0.2) is 0 Å². The van der Waals surface area contributed by atoms with Crippen LogP contribution in [0.2, 0.25) is 0 Å². The lowest BCUT2D eigenvalue weighted by Gasteiger charge is -2.17. The summed E-state index contributed by atoms with van der Waals surface area (Å²) in [5, 5.41) is 21.4. The van der Waals surface area contributed by atoms with Gasteiger partial charge in [0.2, 0.25) is 0 Å². The van der Waals surface area contributed by atoms with Crippen LogP contribution < -0.4 is 5.32 Å². The van der Waals surface area contributed by atoms with Crippen molar-refractivity contribution in [2.24, 2.45) is 5.92 Å². The summed E-state index contributed by atoms with van der Waals surface area (Å²) < 4.78 is 10.3. The van der Waals surface area contributed by atoms with Crippen molar-refractivity contribution in [1.82, 2.24) is 5.32 Å². The van der Waals surface area contributed by atoms with Gasteiger partial charge >= 0.3 is 0 Å². The monoisotopic (exact) mass is 235 g/mol. The molecule has 0 saturated heterocycles. The van der Waals surface area contributed by atoms with Crippen LogP contribution in [0.4, 0.5) is 0 Å². The molecule has 0 amide bonds. The van der Waals surface area contributed by atoms with E-state index in [-0.39, 0.29) is 18.6 Å². The minimum atomic E-state index is -0.523. The van der Waals surface area contributed by atoms with E-state index in [9.17, 15) is 5.11 Å². The van der Waals surface area contributed by atoms with E-state index in [4.69, 9.17) is 14.6 Å². The first-order valence-corrected chi connectivity index (χ1v) is 5.70. The fourth-order valence-electron chi connectivity index (χ4n) is 1.18. The molecule has 98 valence electrons. The van der Waals surface area contributed by atoms with Gasteiger partial charge in [0, 0.05) is 20.3 Å². The molecule has 0 saturated carbocycles. The van der Waals surface area contributed by atoms with Gasteiger partial charge in [0.05, 0.1) is 25.4 Å². The molecule has 0 aliphatic rings. The lowest BCUT2D eigenvalue weighted by molar-refractivity contribution is -0.0312. The fraction of sp³-hybridized carbons (Fsp3) is 1.00. The van der Waals surface area contributed by atoms with Crippen molar-refractivity contribution in [2.45, 2.75) is 26.1 Å². The van der Waals surface area contributed by atoms with Crippen LogP contribution in [0.25, 0.3) is 0 Å². The van der Waals surface area contributed by atoms with Gasteiger partial charge in [-0.1, -0.05) is 6.92 Å². The van der Waals surface area contributed by atoms with E-state index in [1.54, 1.807) is 7.11 Å². The number of rotatable bonds is 10. The summed E-state index contributed by atoms with van der Waals surface area (Å²) in [4.78, 5) is 0. The van der Waals surface area contributed by atoms with E-state index in [2.05, 4.69) is 5.32 Å². The first-order valence-electron chi connectivity index (χ1n) is 5.70. The van der Waals surface area contributed by atoms with Gasteiger partial charge in [0.15, 0.2) is 0 Å². The van der Waals surface area contributed by atoms with E-state index in [0.29, 0.717) is 26.3 Å². The predicted molar refractivity (Wildman–Crippen MR) is 62.4 cm³/mol. The van der Waals surface area contributed by atoms with Crippen LogP contribution in [0.1, 0.15) is 13.8 Å². The summed E-state index contributed by atoms with van der Waals surface area (Å²) >= 11 is 0. The molecule has 0 heterocycles. The first kappa shape index (κ1) is 15.8. The lowest BCUT2D eigenvalue weighted by Crippen LogP contribution is -2.34. The molecule has 0 aromatic rings. The Bertz CT molecular complexity index is 157. The maximum Gasteiger partial charge on any atom is 0.0897 e. The Morgan fingerprint density at radius 1 is 1.19 bits per heavy atom. The number of aliphatic hydroxyl groups excluding tert-OH is 2. The van der Waals surface area contributed by atoms with Gasteiger partial charge < -0.3 is 25.0 Å². The van der Waals surface area contributed by atoms with Crippen LogP contribution in [0.5, 0.6) is 0 Å². The summed E-state index contributed by atoms with van der Waals surface area (Å²) in [7, 11) is 1.62. The minimum Gasteiger partial charge on any atom is -0.396 e. The van der Waals surface area contributed by atoms with E-state index < -0.39 is 6.10 Å². The van der Waals surface area contributed by atoms with Crippen LogP contribution in [0.3, 0.4) is 0 Å². The van der Waals surface area contributed by atoms with Gasteiger partial charge in [-0.2, -0.15) is 0 Å². The van der Waals surface area contributed by atoms with E-state index in [0.717, 1.165) is 0 Å². The largest absolute Gasteiger partial charge is 0.396 e. The van der Waals surface area contributed by atoms with Crippen molar-refractivity contribution >= 4 is 0 Å². The maximum atomic E-state index is 9.56. The highest BCUT2D eigenvalue weighted by atomic mass is 16.5. The third-order valence-electron chi connectivity index (χ3n) is 2.16. The molecule has 0 bridgehead atoms. The quantitative estimate of drug-likeness (QED) is 0.481. The topological polar surface area (TPSA) is 71.0 Å². The van der Waals surface area contributed by atoms with Crippen molar-refractivity contribution in [3.63, 3.8) is 0 Å². The summed E-state index contributed by atoms with van der Waals surface area (Å²) in [5.74, 6) is 0.209. The molecule has 3 unspecified atom stereocenters. The second-order valence-electron chi connectivity index (χ2n) is 4.20. The fourth-order valence-corrected chi connectivity index (χ4v) is 1.18. The standard InChI is InChI=1S/C11H25NO4/c1-9(6-13)4-12-5-11(14)8-16-10(2)7-15-3/h9-14H,4-8H2,1-3H3. The Morgan fingerprint density at radius 3 is 2.44 bits per heavy atom. The Morgan fingerprint density at radius 2 is 1.88 bits per heavy atom. The minimum absolute atomic E-state index is 0.00369. The van der Waals surface area contributed by atoms with E-state index >= 15 is 0 Å². The highest BCUT2D eigenvalue weighted by molar-refractivity contribution is 4.62. The van der Waals surface area contributed by atoms with Crippen molar-refractivity contribution in [1.29, 1.82) is 0 Å². The zero-order chi connectivity index (χ0) is 12.4. The van der Waals surface area contributed by atoms with Crippen molar-refractivity contribution < 1.29 is 19.7 Å². The number of hydrogen-bond acceptors (Lipinski definition) is 5. The summed E-state index contributed by atoms with van der Waals surface area (Å²) in [5.41, 5.74) is 0. The van der Waals surface area contributed by atoms with Gasteiger partial charge in [-0.05, 0) is 19.4 Å². The third kappa shape index (κ3) is 9.06. The highest BCUT2D eigenvalue weighted by Crippen LogP contribution is 1.94. The summed E-state index contributed by atoms with van der Waals surface area (Å²) in [6, 6.07) is 0. The molecule has 0 aromatic carbocycles. The van der Waals surface area contributed by atoms with E-state index in [1.165, 1.54) is 0 Å². The van der Waals surface area contributed by atoms with Gasteiger partial charge in [0.1, 0.15) is 0 Å². The van der Waals surface area contributed by atoms with Crippen LogP contribution >= 0.6 is 0 Å². The highest BCUT2D eigenvalue weighted by Gasteiger charge is 2.08. The molecular formula is C11H25NO4. The van der Waals surface area contributed by atoms with Crippen molar-refractivity contribution in [3.8, 4) is 0 Å². The molecule has 0 fully saturated rings. The Hall–Kier alpha value is -0.200. The molecule has 3 N–H and O–H groups in total. The van der Waals surface area contributed by atoms with Crippen LogP contribution in [0, 0.1) is 5.92 Å². The van der Waals surface area contributed by atoms with Gasteiger partial charge in [-0.3, -0.25) is 0 Å². The molecule has 3 atom stereocenters. The average molecular weight is 235 g/mol. The third-order valence-corrected chi connectivity index (χ3v) is 2.16. The zero-order valence-electron chi connectivity index (χ0n) is 10.5. The number of hydrogen-bond donors (Lipinski definition) is 3. The Kier molecular flexibility index (Phi) is 9.86. The second kappa shape index (κ2) is 9.99. The first-order chi connectivity index (χ1) is 7.60. The summed E-state index contributed by atoms with van der Waals surface area (Å²) in [6.45, 7) is 6.00.